The van der Waals surface area contributed by atoms with Gasteiger partial charge in [-0.15, -0.1) is 0 Å². The number of thiol groups is 1. The molecule has 1 amide bonds. The second kappa shape index (κ2) is 5.41. The molecule has 1 heterocycles. The summed E-state index contributed by atoms with van der Waals surface area (Å²) >= 11 is 7.29. The van der Waals surface area contributed by atoms with E-state index >= 15 is 0 Å². The van der Waals surface area contributed by atoms with Gasteiger partial charge >= 0.3 is 0 Å². The Hall–Kier alpha value is -0.490. The van der Waals surface area contributed by atoms with E-state index in [1.165, 1.54) is 0 Å². The first-order chi connectivity index (χ1) is 6.69. The number of aromatic nitrogens is 2. The average molecular weight is 278 g/mol. The molecule has 0 aromatic carbocycles. The quantitative estimate of drug-likeness (QED) is 0.816. The topological polar surface area (TPSA) is 46.9 Å². The van der Waals surface area contributed by atoms with E-state index in [0.29, 0.717) is 18.0 Å². The van der Waals surface area contributed by atoms with E-state index < -0.39 is 0 Å². The van der Waals surface area contributed by atoms with Crippen molar-refractivity contribution in [3.05, 3.63) is 16.4 Å². The van der Waals surface area contributed by atoms with Gasteiger partial charge in [0.05, 0.1) is 4.47 Å². The molecule has 0 saturated carbocycles. The molecular formula is C8H12BrN3OS. The van der Waals surface area contributed by atoms with Crippen molar-refractivity contribution in [3.8, 4) is 0 Å². The maximum absolute atomic E-state index is 11.5. The zero-order chi connectivity index (χ0) is 10.6. The molecule has 0 aliphatic carbocycles. The van der Waals surface area contributed by atoms with Gasteiger partial charge in [-0.3, -0.25) is 9.48 Å². The molecule has 0 unspecified atom stereocenters. The van der Waals surface area contributed by atoms with Crippen molar-refractivity contribution in [2.45, 2.75) is 13.5 Å². The van der Waals surface area contributed by atoms with E-state index in [1.54, 1.807) is 10.9 Å². The summed E-state index contributed by atoms with van der Waals surface area (Å²) in [5.41, 5.74) is 0.425. The fraction of sp³-hybridized carbons (Fsp3) is 0.500. The molecule has 1 N–H and O–H groups in total. The SMILES string of the molecule is CCn1cc(Br)c(C(=O)NCCS)n1. The van der Waals surface area contributed by atoms with Gasteiger partial charge in [-0.25, -0.2) is 0 Å². The third-order valence-electron chi connectivity index (χ3n) is 1.65. The highest BCUT2D eigenvalue weighted by molar-refractivity contribution is 9.10. The highest BCUT2D eigenvalue weighted by Gasteiger charge is 2.13. The largest absolute Gasteiger partial charge is 0.350 e. The normalized spacial score (nSPS) is 10.2. The summed E-state index contributed by atoms with van der Waals surface area (Å²) in [4.78, 5) is 11.5. The molecule has 14 heavy (non-hydrogen) atoms. The number of nitrogens with one attached hydrogen (secondary N) is 1. The van der Waals surface area contributed by atoms with Gasteiger partial charge in [0.1, 0.15) is 0 Å². The van der Waals surface area contributed by atoms with Crippen LogP contribution in [-0.4, -0.2) is 28.0 Å². The lowest BCUT2D eigenvalue weighted by Crippen LogP contribution is -2.26. The first-order valence-corrected chi connectivity index (χ1v) is 5.73. The van der Waals surface area contributed by atoms with Crippen molar-refractivity contribution in [2.24, 2.45) is 0 Å². The fourth-order valence-electron chi connectivity index (χ4n) is 0.966. The summed E-state index contributed by atoms with van der Waals surface area (Å²) < 4.78 is 2.43. The number of rotatable bonds is 4. The third-order valence-corrected chi connectivity index (χ3v) is 2.46. The van der Waals surface area contributed by atoms with Crippen LogP contribution in [0.1, 0.15) is 17.4 Å². The van der Waals surface area contributed by atoms with Crippen LogP contribution in [0.4, 0.5) is 0 Å². The molecule has 0 atom stereocenters. The van der Waals surface area contributed by atoms with Gasteiger partial charge in [0.25, 0.3) is 5.91 Å². The number of carbonyl (C=O) groups excluding carboxylic acids is 1. The summed E-state index contributed by atoms with van der Waals surface area (Å²) in [5.74, 6) is 0.454. The summed E-state index contributed by atoms with van der Waals surface area (Å²) in [5, 5.41) is 6.82. The monoisotopic (exact) mass is 277 g/mol. The van der Waals surface area contributed by atoms with Gasteiger partial charge in [0.15, 0.2) is 5.69 Å². The van der Waals surface area contributed by atoms with Crippen LogP contribution in [0, 0.1) is 0 Å². The van der Waals surface area contributed by atoms with Gasteiger partial charge in [-0.05, 0) is 22.9 Å². The molecule has 0 fully saturated rings. The maximum atomic E-state index is 11.5. The Morgan fingerprint density at radius 1 is 1.79 bits per heavy atom. The molecule has 0 aliphatic rings. The first kappa shape index (κ1) is 11.6. The lowest BCUT2D eigenvalue weighted by Gasteiger charge is -1.99. The van der Waals surface area contributed by atoms with Gasteiger partial charge in [0.2, 0.25) is 0 Å². The molecule has 78 valence electrons. The van der Waals surface area contributed by atoms with Crippen LogP contribution in [0.5, 0.6) is 0 Å². The van der Waals surface area contributed by atoms with Crippen molar-refractivity contribution < 1.29 is 4.79 Å². The third kappa shape index (κ3) is 2.75. The van der Waals surface area contributed by atoms with Crippen molar-refractivity contribution in [1.82, 2.24) is 15.1 Å². The number of nitrogens with zero attached hydrogens (tertiary/aromatic N) is 2. The molecule has 0 radical (unpaired) electrons. The van der Waals surface area contributed by atoms with Gasteiger partial charge in [0, 0.05) is 25.0 Å². The van der Waals surface area contributed by atoms with E-state index in [9.17, 15) is 4.79 Å². The Morgan fingerprint density at radius 3 is 3.00 bits per heavy atom. The second-order valence-corrected chi connectivity index (χ2v) is 3.96. The first-order valence-electron chi connectivity index (χ1n) is 4.31. The zero-order valence-corrected chi connectivity index (χ0v) is 10.3. The lowest BCUT2D eigenvalue weighted by atomic mass is 10.4. The summed E-state index contributed by atoms with van der Waals surface area (Å²) in [6.07, 6.45) is 1.79. The highest BCUT2D eigenvalue weighted by atomic mass is 79.9. The minimum absolute atomic E-state index is 0.168. The van der Waals surface area contributed by atoms with Crippen molar-refractivity contribution in [3.63, 3.8) is 0 Å². The van der Waals surface area contributed by atoms with Crippen LogP contribution in [-0.2, 0) is 6.54 Å². The number of carbonyl (C=O) groups is 1. The van der Waals surface area contributed by atoms with Crippen LogP contribution < -0.4 is 5.32 Å². The summed E-state index contributed by atoms with van der Waals surface area (Å²) in [6, 6.07) is 0. The molecule has 0 bridgehead atoms. The van der Waals surface area contributed by atoms with E-state index in [2.05, 4.69) is 39.0 Å². The van der Waals surface area contributed by atoms with Crippen molar-refractivity contribution >= 4 is 34.5 Å². The number of aryl methyl sites for hydroxylation is 1. The van der Waals surface area contributed by atoms with Gasteiger partial charge < -0.3 is 5.32 Å². The van der Waals surface area contributed by atoms with E-state index in [-0.39, 0.29) is 5.91 Å². The van der Waals surface area contributed by atoms with Gasteiger partial charge in [-0.2, -0.15) is 17.7 Å². The molecular weight excluding hydrogens is 266 g/mol. The van der Waals surface area contributed by atoms with Crippen LogP contribution >= 0.6 is 28.6 Å². The average Bonchev–Trinajstić information content (AvgIpc) is 2.56. The number of hydrogen-bond acceptors (Lipinski definition) is 3. The van der Waals surface area contributed by atoms with E-state index in [1.807, 2.05) is 6.92 Å². The minimum Gasteiger partial charge on any atom is -0.350 e. The molecule has 0 spiro atoms. The number of halogens is 1. The van der Waals surface area contributed by atoms with Crippen molar-refractivity contribution in [2.75, 3.05) is 12.3 Å². The maximum Gasteiger partial charge on any atom is 0.272 e. The molecule has 0 aliphatic heterocycles. The smallest absolute Gasteiger partial charge is 0.272 e. The lowest BCUT2D eigenvalue weighted by molar-refractivity contribution is 0.0949. The van der Waals surface area contributed by atoms with Crippen molar-refractivity contribution in [1.29, 1.82) is 0 Å². The molecule has 0 saturated heterocycles. The fourth-order valence-corrected chi connectivity index (χ4v) is 1.57. The van der Waals surface area contributed by atoms with E-state index in [4.69, 9.17) is 0 Å². The van der Waals surface area contributed by atoms with Gasteiger partial charge in [-0.1, -0.05) is 0 Å². The minimum atomic E-state index is -0.168. The molecule has 6 heteroatoms. The van der Waals surface area contributed by atoms with Crippen LogP contribution in [0.15, 0.2) is 10.7 Å². The molecule has 1 aromatic rings. The zero-order valence-electron chi connectivity index (χ0n) is 7.83. The van der Waals surface area contributed by atoms with E-state index in [0.717, 1.165) is 11.0 Å². The highest BCUT2D eigenvalue weighted by Crippen LogP contribution is 2.14. The Bertz CT molecular complexity index is 326. The summed E-state index contributed by atoms with van der Waals surface area (Å²) in [7, 11) is 0. The van der Waals surface area contributed by atoms with Crippen LogP contribution in [0.25, 0.3) is 0 Å². The number of amides is 1. The Kier molecular flexibility index (Phi) is 4.47. The molecule has 1 rings (SSSR count). The predicted octanol–water partition coefficient (Wildman–Crippen LogP) is 1.33. The number of hydrogen-bond donors (Lipinski definition) is 2. The molecule has 4 nitrogen and oxygen atoms in total. The Labute approximate surface area is 96.6 Å². The summed E-state index contributed by atoms with van der Waals surface area (Å²) in [6.45, 7) is 3.26. The van der Waals surface area contributed by atoms with Crippen LogP contribution in [0.3, 0.4) is 0 Å². The second-order valence-electron chi connectivity index (χ2n) is 2.66. The molecule has 1 aromatic heterocycles. The Morgan fingerprint density at radius 2 is 2.50 bits per heavy atom. The Balaban J connectivity index is 2.73. The standard InChI is InChI=1S/C8H12BrN3OS/c1-2-12-5-6(9)7(11-12)8(13)10-3-4-14/h5,14H,2-4H2,1H3,(H,10,13). The predicted molar refractivity (Wildman–Crippen MR) is 61.8 cm³/mol. The van der Waals surface area contributed by atoms with Crippen LogP contribution in [0.2, 0.25) is 0 Å².